The maximum absolute atomic E-state index is 12.9. The van der Waals surface area contributed by atoms with Gasteiger partial charge in [-0.25, -0.2) is 13.6 Å². The number of carbonyl (C=O) groups is 1. The van der Waals surface area contributed by atoms with Crippen LogP contribution in [0.5, 0.6) is 0 Å². The molecule has 0 atom stereocenters. The predicted octanol–water partition coefficient (Wildman–Crippen LogP) is 0.991. The minimum Gasteiger partial charge on any atom is -0.458 e. The summed E-state index contributed by atoms with van der Waals surface area (Å²) in [5.74, 6) is -1.17. The molecule has 0 saturated heterocycles. The number of sulfonamides is 1. The Morgan fingerprint density at radius 3 is 2.29 bits per heavy atom. The second-order valence-electron chi connectivity index (χ2n) is 4.12. The summed E-state index contributed by atoms with van der Waals surface area (Å²) in [5, 5.41) is 0.0840. The summed E-state index contributed by atoms with van der Waals surface area (Å²) in [6.45, 7) is -1.51. The quantitative estimate of drug-likeness (QED) is 0.772. The summed E-state index contributed by atoms with van der Waals surface area (Å²) in [6, 6.07) is 0. The van der Waals surface area contributed by atoms with Crippen molar-refractivity contribution in [1.29, 1.82) is 0 Å². The second-order valence-corrected chi connectivity index (χ2v) is 5.81. The van der Waals surface area contributed by atoms with Crippen LogP contribution in [-0.2, 0) is 19.6 Å². The standard InChI is InChI=1S/C9H15F2NO4S/c10-9(11,17(12,14)15)6-16-8(13)7-4-2-1-3-5-7/h7H,1-6H2,(H2,12,14,15). The SMILES string of the molecule is NS(=O)(=O)C(F)(F)COC(=O)C1CCCCC1. The molecule has 2 N–H and O–H groups in total. The molecule has 0 heterocycles. The van der Waals surface area contributed by atoms with Crippen molar-refractivity contribution < 1.29 is 26.7 Å². The Kier molecular flexibility index (Phi) is 4.42. The van der Waals surface area contributed by atoms with Crippen molar-refractivity contribution in [2.24, 2.45) is 11.1 Å². The van der Waals surface area contributed by atoms with Gasteiger partial charge in [0.15, 0.2) is 6.61 Å². The fourth-order valence-corrected chi connectivity index (χ4v) is 1.92. The number of carbonyl (C=O) groups excluding carboxylic acids is 1. The van der Waals surface area contributed by atoms with Gasteiger partial charge in [0.25, 0.3) is 10.0 Å². The Labute approximate surface area is 98.4 Å². The minimum absolute atomic E-state index is 0.403. The molecule has 0 aliphatic heterocycles. The number of hydrogen-bond donors (Lipinski definition) is 1. The third-order valence-electron chi connectivity index (χ3n) is 2.74. The molecule has 0 unspecified atom stereocenters. The molecular formula is C9H15F2NO4S. The maximum Gasteiger partial charge on any atom is 0.391 e. The van der Waals surface area contributed by atoms with E-state index in [9.17, 15) is 22.0 Å². The Bertz CT molecular complexity index is 376. The van der Waals surface area contributed by atoms with E-state index >= 15 is 0 Å². The third-order valence-corrected chi connectivity index (χ3v) is 3.69. The lowest BCUT2D eigenvalue weighted by molar-refractivity contribution is -0.155. The molecule has 100 valence electrons. The zero-order valence-electron chi connectivity index (χ0n) is 9.19. The van der Waals surface area contributed by atoms with E-state index in [0.717, 1.165) is 19.3 Å². The Balaban J connectivity index is 2.47. The Hall–Kier alpha value is -0.760. The summed E-state index contributed by atoms with van der Waals surface area (Å²) in [4.78, 5) is 11.4. The van der Waals surface area contributed by atoms with Gasteiger partial charge in [0.1, 0.15) is 0 Å². The minimum atomic E-state index is -5.04. The number of nitrogens with two attached hydrogens (primary N) is 1. The summed E-state index contributed by atoms with van der Waals surface area (Å²) in [5.41, 5.74) is 0. The number of primary sulfonamides is 1. The van der Waals surface area contributed by atoms with Crippen LogP contribution in [0.15, 0.2) is 0 Å². The van der Waals surface area contributed by atoms with Gasteiger partial charge in [-0.3, -0.25) is 4.79 Å². The van der Waals surface area contributed by atoms with E-state index in [-0.39, 0.29) is 0 Å². The predicted molar refractivity (Wildman–Crippen MR) is 55.6 cm³/mol. The molecule has 0 aromatic carbocycles. The van der Waals surface area contributed by atoms with Gasteiger partial charge < -0.3 is 4.74 Å². The van der Waals surface area contributed by atoms with Crippen LogP contribution in [0.4, 0.5) is 8.78 Å². The first-order chi connectivity index (χ1) is 7.74. The second kappa shape index (κ2) is 5.26. The van der Waals surface area contributed by atoms with Gasteiger partial charge in [-0.1, -0.05) is 19.3 Å². The Morgan fingerprint density at radius 2 is 1.82 bits per heavy atom. The van der Waals surface area contributed by atoms with Gasteiger partial charge in [0, 0.05) is 0 Å². The van der Waals surface area contributed by atoms with Crippen LogP contribution >= 0.6 is 0 Å². The fourth-order valence-electron chi connectivity index (χ4n) is 1.69. The molecule has 1 aliphatic carbocycles. The zero-order chi connectivity index (χ0) is 13.1. The van der Waals surface area contributed by atoms with Gasteiger partial charge >= 0.3 is 11.2 Å². The first-order valence-electron chi connectivity index (χ1n) is 5.31. The van der Waals surface area contributed by atoms with Crippen molar-refractivity contribution in [3.8, 4) is 0 Å². The largest absolute Gasteiger partial charge is 0.458 e. The van der Waals surface area contributed by atoms with Gasteiger partial charge in [-0.2, -0.15) is 8.78 Å². The van der Waals surface area contributed by atoms with Crippen LogP contribution < -0.4 is 5.14 Å². The highest BCUT2D eigenvalue weighted by Crippen LogP contribution is 2.26. The van der Waals surface area contributed by atoms with Crippen molar-refractivity contribution >= 4 is 16.0 Å². The van der Waals surface area contributed by atoms with E-state index in [4.69, 9.17) is 0 Å². The first kappa shape index (κ1) is 14.3. The van der Waals surface area contributed by atoms with Gasteiger partial charge in [0.05, 0.1) is 5.92 Å². The number of ether oxygens (including phenoxy) is 1. The molecule has 8 heteroatoms. The van der Waals surface area contributed by atoms with E-state index < -0.39 is 33.8 Å². The van der Waals surface area contributed by atoms with Crippen LogP contribution in [0.1, 0.15) is 32.1 Å². The maximum atomic E-state index is 12.9. The van der Waals surface area contributed by atoms with Crippen LogP contribution in [0, 0.1) is 5.92 Å². The van der Waals surface area contributed by atoms with Crippen molar-refractivity contribution in [3.63, 3.8) is 0 Å². The van der Waals surface area contributed by atoms with E-state index in [0.29, 0.717) is 12.8 Å². The highest BCUT2D eigenvalue weighted by atomic mass is 32.2. The summed E-state index contributed by atoms with van der Waals surface area (Å²) in [6.07, 6.45) is 3.91. The molecule has 1 saturated carbocycles. The lowest BCUT2D eigenvalue weighted by Crippen LogP contribution is -2.40. The normalized spacial score (nSPS) is 19.0. The third kappa shape index (κ3) is 3.88. The fraction of sp³-hybridized carbons (Fsp3) is 0.889. The van der Waals surface area contributed by atoms with E-state index in [1.54, 1.807) is 0 Å². The van der Waals surface area contributed by atoms with Crippen molar-refractivity contribution in [2.45, 2.75) is 37.4 Å². The molecule has 1 fully saturated rings. The van der Waals surface area contributed by atoms with Gasteiger partial charge in [-0.15, -0.1) is 0 Å². The molecule has 1 aliphatic rings. The first-order valence-corrected chi connectivity index (χ1v) is 6.85. The topological polar surface area (TPSA) is 86.5 Å². The molecule has 0 aromatic heterocycles. The van der Waals surface area contributed by atoms with Crippen molar-refractivity contribution in [2.75, 3.05) is 6.61 Å². The van der Waals surface area contributed by atoms with Crippen LogP contribution in [-0.4, -0.2) is 26.2 Å². The molecule has 17 heavy (non-hydrogen) atoms. The highest BCUT2D eigenvalue weighted by molar-refractivity contribution is 7.90. The van der Waals surface area contributed by atoms with E-state index in [2.05, 4.69) is 9.88 Å². The van der Waals surface area contributed by atoms with Crippen LogP contribution in [0.2, 0.25) is 0 Å². The molecule has 0 radical (unpaired) electrons. The van der Waals surface area contributed by atoms with E-state index in [1.165, 1.54) is 0 Å². The summed E-state index contributed by atoms with van der Waals surface area (Å²) in [7, 11) is -5.04. The number of hydrogen-bond acceptors (Lipinski definition) is 4. The average Bonchev–Trinajstić information content (AvgIpc) is 2.25. The number of esters is 1. The lowest BCUT2D eigenvalue weighted by Gasteiger charge is -2.21. The summed E-state index contributed by atoms with van der Waals surface area (Å²) < 4.78 is 51.0. The highest BCUT2D eigenvalue weighted by Gasteiger charge is 2.44. The van der Waals surface area contributed by atoms with Crippen molar-refractivity contribution in [1.82, 2.24) is 0 Å². The molecule has 1 rings (SSSR count). The lowest BCUT2D eigenvalue weighted by atomic mass is 9.89. The van der Waals surface area contributed by atoms with Crippen LogP contribution in [0.3, 0.4) is 0 Å². The van der Waals surface area contributed by atoms with Crippen LogP contribution in [0.25, 0.3) is 0 Å². The molecule has 0 bridgehead atoms. The van der Waals surface area contributed by atoms with Gasteiger partial charge in [-0.05, 0) is 12.8 Å². The molecule has 0 aromatic rings. The van der Waals surface area contributed by atoms with Gasteiger partial charge in [0.2, 0.25) is 0 Å². The Morgan fingerprint density at radius 1 is 1.29 bits per heavy atom. The number of rotatable bonds is 4. The molecular weight excluding hydrogens is 256 g/mol. The molecule has 5 nitrogen and oxygen atoms in total. The average molecular weight is 271 g/mol. The van der Waals surface area contributed by atoms with Crippen molar-refractivity contribution in [3.05, 3.63) is 0 Å². The molecule has 0 amide bonds. The monoisotopic (exact) mass is 271 g/mol. The summed E-state index contributed by atoms with van der Waals surface area (Å²) >= 11 is 0. The van der Waals surface area contributed by atoms with E-state index in [1.807, 2.05) is 0 Å². The number of alkyl halides is 2. The molecule has 0 spiro atoms. The smallest absolute Gasteiger partial charge is 0.391 e. The number of halogens is 2. The zero-order valence-corrected chi connectivity index (χ0v) is 10.0.